The Balaban J connectivity index is 1.83. The lowest BCUT2D eigenvalue weighted by Gasteiger charge is -1.97. The molecule has 4 nitrogen and oxygen atoms in total. The van der Waals surface area contributed by atoms with Crippen LogP contribution in [0.2, 0.25) is 0 Å². The van der Waals surface area contributed by atoms with Gasteiger partial charge in [0.1, 0.15) is 5.75 Å². The topological polar surface area (TPSA) is 61.3 Å². The number of aliphatic imine (C=N–C) groups is 1. The zero-order valence-corrected chi connectivity index (χ0v) is 12.6. The van der Waals surface area contributed by atoms with E-state index in [0.717, 1.165) is 15.7 Å². The van der Waals surface area contributed by atoms with Gasteiger partial charge >= 0.3 is 0 Å². The first-order chi connectivity index (χ1) is 10.2. The minimum Gasteiger partial charge on any atom is -0.507 e. The lowest BCUT2D eigenvalue weighted by Crippen LogP contribution is -1.81. The second-order valence-electron chi connectivity index (χ2n) is 4.47. The Labute approximate surface area is 130 Å². The number of nitrogens with one attached hydrogen (secondary N) is 1. The molecule has 2 N–H and O–H groups in total. The summed E-state index contributed by atoms with van der Waals surface area (Å²) < 4.78 is 0.822. The van der Waals surface area contributed by atoms with Crippen molar-refractivity contribution in [1.82, 2.24) is 10.2 Å². The minimum absolute atomic E-state index is 0.173. The Morgan fingerprint density at radius 1 is 1.10 bits per heavy atom. The molecule has 0 aliphatic heterocycles. The van der Waals surface area contributed by atoms with E-state index in [1.165, 1.54) is 0 Å². The molecule has 3 aromatic rings. The number of benzene rings is 2. The summed E-state index contributed by atoms with van der Waals surface area (Å²) >= 11 is 3.30. The van der Waals surface area contributed by atoms with Gasteiger partial charge in [0.15, 0.2) is 5.82 Å². The summed E-state index contributed by atoms with van der Waals surface area (Å²) in [5, 5.41) is 16.9. The van der Waals surface area contributed by atoms with Crippen LogP contribution in [0.25, 0.3) is 11.3 Å². The zero-order valence-electron chi connectivity index (χ0n) is 11.0. The van der Waals surface area contributed by atoms with E-state index in [1.807, 2.05) is 42.5 Å². The summed E-state index contributed by atoms with van der Waals surface area (Å²) in [4.78, 5) is 4.27. The van der Waals surface area contributed by atoms with Crippen molar-refractivity contribution in [2.75, 3.05) is 0 Å². The van der Waals surface area contributed by atoms with E-state index in [4.69, 9.17) is 0 Å². The molecule has 0 fully saturated rings. The Morgan fingerprint density at radius 3 is 2.67 bits per heavy atom. The maximum absolute atomic E-state index is 9.80. The molecule has 0 spiro atoms. The summed E-state index contributed by atoms with van der Waals surface area (Å²) in [6, 6.07) is 17.0. The second-order valence-corrected chi connectivity index (χ2v) is 5.38. The third-order valence-corrected chi connectivity index (χ3v) is 3.47. The van der Waals surface area contributed by atoms with Crippen molar-refractivity contribution in [3.05, 3.63) is 64.6 Å². The number of rotatable bonds is 3. The van der Waals surface area contributed by atoms with Crippen LogP contribution in [0.1, 0.15) is 5.56 Å². The normalized spacial score (nSPS) is 11.1. The maximum atomic E-state index is 9.80. The fourth-order valence-electron chi connectivity index (χ4n) is 1.90. The van der Waals surface area contributed by atoms with Gasteiger partial charge in [-0.3, -0.25) is 5.10 Å². The van der Waals surface area contributed by atoms with Crippen LogP contribution in [0.4, 0.5) is 5.82 Å². The Bertz CT molecular complexity index is 781. The summed E-state index contributed by atoms with van der Waals surface area (Å²) in [7, 11) is 0. The summed E-state index contributed by atoms with van der Waals surface area (Å²) in [5.41, 5.74) is 2.60. The predicted molar refractivity (Wildman–Crippen MR) is 87.1 cm³/mol. The molecular weight excluding hydrogens is 330 g/mol. The van der Waals surface area contributed by atoms with E-state index in [1.54, 1.807) is 18.3 Å². The van der Waals surface area contributed by atoms with Crippen LogP contribution >= 0.6 is 15.9 Å². The fourth-order valence-corrected chi connectivity index (χ4v) is 2.25. The highest BCUT2D eigenvalue weighted by Gasteiger charge is 2.02. The molecule has 3 rings (SSSR count). The van der Waals surface area contributed by atoms with Crippen LogP contribution in [0, 0.1) is 0 Å². The quantitative estimate of drug-likeness (QED) is 0.698. The number of hydrogen-bond acceptors (Lipinski definition) is 3. The van der Waals surface area contributed by atoms with Crippen LogP contribution in [-0.4, -0.2) is 21.5 Å². The van der Waals surface area contributed by atoms with E-state index in [2.05, 4.69) is 31.1 Å². The molecule has 0 bridgehead atoms. The first-order valence-corrected chi connectivity index (χ1v) is 7.15. The average Bonchev–Trinajstić information content (AvgIpc) is 2.96. The summed E-state index contributed by atoms with van der Waals surface area (Å²) in [6.07, 6.45) is 1.59. The van der Waals surface area contributed by atoms with E-state index in [-0.39, 0.29) is 5.75 Å². The first-order valence-electron chi connectivity index (χ1n) is 6.36. The van der Waals surface area contributed by atoms with Gasteiger partial charge in [0.25, 0.3) is 0 Å². The van der Waals surface area contributed by atoms with E-state index >= 15 is 0 Å². The standard InChI is InChI=1S/C16H12BrN3O/c17-13-7-6-12(15(21)8-13)10-18-16-9-14(19-20-16)11-4-2-1-3-5-11/h1-10,21H,(H,19,20). The molecule has 0 atom stereocenters. The lowest BCUT2D eigenvalue weighted by molar-refractivity contribution is 0.474. The number of nitrogens with zero attached hydrogens (tertiary/aromatic N) is 2. The van der Waals surface area contributed by atoms with Crippen LogP contribution in [0.5, 0.6) is 5.75 Å². The SMILES string of the molecule is Oc1cc(Br)ccc1C=Nc1cc(-c2ccccc2)[nH]n1. The van der Waals surface area contributed by atoms with Gasteiger partial charge in [0.05, 0.1) is 5.69 Å². The number of aromatic hydroxyl groups is 1. The van der Waals surface area contributed by atoms with Crippen molar-refractivity contribution in [2.45, 2.75) is 0 Å². The largest absolute Gasteiger partial charge is 0.507 e. The van der Waals surface area contributed by atoms with E-state index in [0.29, 0.717) is 11.4 Å². The smallest absolute Gasteiger partial charge is 0.174 e. The Morgan fingerprint density at radius 2 is 1.90 bits per heavy atom. The first kappa shape index (κ1) is 13.6. The highest BCUT2D eigenvalue weighted by Crippen LogP contribution is 2.23. The molecule has 21 heavy (non-hydrogen) atoms. The number of phenols is 1. The van der Waals surface area contributed by atoms with Gasteiger partial charge in [-0.25, -0.2) is 4.99 Å². The molecule has 0 saturated heterocycles. The van der Waals surface area contributed by atoms with Crippen LogP contribution in [-0.2, 0) is 0 Å². The molecule has 0 radical (unpaired) electrons. The zero-order chi connectivity index (χ0) is 14.7. The van der Waals surface area contributed by atoms with Crippen molar-refractivity contribution < 1.29 is 5.11 Å². The molecule has 104 valence electrons. The Kier molecular flexibility index (Phi) is 3.83. The van der Waals surface area contributed by atoms with Gasteiger partial charge in [-0.05, 0) is 23.8 Å². The molecule has 0 unspecified atom stereocenters. The number of phenolic OH excluding ortho intramolecular Hbond substituents is 1. The number of hydrogen-bond donors (Lipinski definition) is 2. The average molecular weight is 342 g/mol. The third-order valence-electron chi connectivity index (χ3n) is 2.98. The van der Waals surface area contributed by atoms with Crippen LogP contribution in [0.3, 0.4) is 0 Å². The highest BCUT2D eigenvalue weighted by atomic mass is 79.9. The van der Waals surface area contributed by atoms with E-state index in [9.17, 15) is 5.11 Å². The van der Waals surface area contributed by atoms with Crippen molar-refractivity contribution in [3.63, 3.8) is 0 Å². The van der Waals surface area contributed by atoms with Gasteiger partial charge < -0.3 is 5.11 Å². The minimum atomic E-state index is 0.173. The molecule has 0 amide bonds. The molecule has 1 aromatic heterocycles. The van der Waals surface area contributed by atoms with Crippen molar-refractivity contribution >= 4 is 28.0 Å². The predicted octanol–water partition coefficient (Wildman–Crippen LogP) is 4.30. The number of halogens is 1. The van der Waals surface area contributed by atoms with Gasteiger partial charge in [-0.15, -0.1) is 0 Å². The van der Waals surface area contributed by atoms with Gasteiger partial charge in [0, 0.05) is 22.3 Å². The maximum Gasteiger partial charge on any atom is 0.174 e. The fraction of sp³-hybridized carbons (Fsp3) is 0. The highest BCUT2D eigenvalue weighted by molar-refractivity contribution is 9.10. The number of aromatic amines is 1. The molecule has 0 aliphatic carbocycles. The van der Waals surface area contributed by atoms with Crippen LogP contribution < -0.4 is 0 Å². The monoisotopic (exact) mass is 341 g/mol. The van der Waals surface area contributed by atoms with Gasteiger partial charge in [-0.2, -0.15) is 5.10 Å². The Hall–Kier alpha value is -2.40. The number of H-pyrrole nitrogens is 1. The third kappa shape index (κ3) is 3.20. The van der Waals surface area contributed by atoms with Crippen molar-refractivity contribution in [2.24, 2.45) is 4.99 Å². The molecule has 5 heteroatoms. The number of aromatic nitrogens is 2. The van der Waals surface area contributed by atoms with Crippen molar-refractivity contribution in [3.8, 4) is 17.0 Å². The van der Waals surface area contributed by atoms with Crippen molar-refractivity contribution in [1.29, 1.82) is 0 Å². The molecule has 1 heterocycles. The second kappa shape index (κ2) is 5.93. The molecule has 2 aromatic carbocycles. The molecule has 0 aliphatic rings. The van der Waals surface area contributed by atoms with E-state index < -0.39 is 0 Å². The lowest BCUT2D eigenvalue weighted by atomic mass is 10.2. The van der Waals surface area contributed by atoms with Crippen LogP contribution in [0.15, 0.2) is 64.1 Å². The summed E-state index contributed by atoms with van der Waals surface area (Å²) in [5.74, 6) is 0.739. The van der Waals surface area contributed by atoms with Gasteiger partial charge in [0.2, 0.25) is 0 Å². The van der Waals surface area contributed by atoms with Gasteiger partial charge in [-0.1, -0.05) is 46.3 Å². The molecular formula is C16H12BrN3O. The summed E-state index contributed by atoms with van der Waals surface area (Å²) in [6.45, 7) is 0. The molecule has 0 saturated carbocycles.